The molecule has 0 fully saturated rings. The van der Waals surface area contributed by atoms with Gasteiger partial charge < -0.3 is 5.11 Å². The molecule has 0 atom stereocenters. The topological polar surface area (TPSA) is 38.0 Å². The minimum absolute atomic E-state index is 0.113. The third kappa shape index (κ3) is 2.81. The summed E-state index contributed by atoms with van der Waals surface area (Å²) in [5.41, 5.74) is 0.867. The number of aromatic nitrogens is 2. The van der Waals surface area contributed by atoms with Crippen molar-refractivity contribution >= 4 is 15.9 Å². The third-order valence-electron chi connectivity index (χ3n) is 1.90. The lowest BCUT2D eigenvalue weighted by Crippen LogP contribution is -2.24. The minimum Gasteiger partial charge on any atom is -0.396 e. The van der Waals surface area contributed by atoms with Gasteiger partial charge in [0.1, 0.15) is 0 Å². The first-order valence-electron chi connectivity index (χ1n) is 4.25. The van der Waals surface area contributed by atoms with E-state index in [-0.39, 0.29) is 12.0 Å². The summed E-state index contributed by atoms with van der Waals surface area (Å²) in [4.78, 5) is 0. The molecule has 13 heavy (non-hydrogen) atoms. The molecule has 0 radical (unpaired) electrons. The molecule has 1 rings (SSSR count). The predicted octanol–water partition coefficient (Wildman–Crippen LogP) is 1.97. The van der Waals surface area contributed by atoms with Gasteiger partial charge in [0.15, 0.2) is 0 Å². The van der Waals surface area contributed by atoms with E-state index in [1.165, 1.54) is 0 Å². The average Bonchev–Trinajstić information content (AvgIpc) is 2.30. The highest BCUT2D eigenvalue weighted by Gasteiger charge is 2.18. The van der Waals surface area contributed by atoms with Crippen LogP contribution < -0.4 is 0 Å². The van der Waals surface area contributed by atoms with Gasteiger partial charge in [0.2, 0.25) is 0 Å². The van der Waals surface area contributed by atoms with E-state index in [0.29, 0.717) is 0 Å². The number of aliphatic hydroxyl groups excluding tert-OH is 1. The van der Waals surface area contributed by atoms with Crippen LogP contribution in [0.4, 0.5) is 0 Å². The zero-order valence-electron chi connectivity index (χ0n) is 8.21. The highest BCUT2D eigenvalue weighted by molar-refractivity contribution is 9.10. The molecule has 0 bridgehead atoms. The summed E-state index contributed by atoms with van der Waals surface area (Å²) in [6.45, 7) is 6.88. The molecule has 74 valence electrons. The maximum absolute atomic E-state index is 9.08. The summed E-state index contributed by atoms with van der Waals surface area (Å²) < 4.78 is 2.87. The van der Waals surface area contributed by atoms with Gasteiger partial charge >= 0.3 is 0 Å². The Hall–Kier alpha value is -0.350. The molecular weight excluding hydrogens is 232 g/mol. The largest absolute Gasteiger partial charge is 0.396 e. The standard InChI is InChI=1S/C9H15BrN2O/c1-7-8(10)4-12(11-7)5-9(2,3)6-13/h4,13H,5-6H2,1-3H3. The molecule has 0 aliphatic heterocycles. The van der Waals surface area contributed by atoms with E-state index in [4.69, 9.17) is 5.11 Å². The van der Waals surface area contributed by atoms with Crippen molar-refractivity contribution in [3.63, 3.8) is 0 Å². The minimum atomic E-state index is -0.113. The first kappa shape index (κ1) is 10.7. The third-order valence-corrected chi connectivity index (χ3v) is 2.68. The van der Waals surface area contributed by atoms with Crippen molar-refractivity contribution in [1.82, 2.24) is 9.78 Å². The van der Waals surface area contributed by atoms with Crippen LogP contribution in [-0.2, 0) is 6.54 Å². The first-order valence-corrected chi connectivity index (χ1v) is 5.04. The second-order valence-electron chi connectivity index (χ2n) is 4.08. The van der Waals surface area contributed by atoms with Crippen LogP contribution in [0.5, 0.6) is 0 Å². The second kappa shape index (κ2) is 3.80. The Morgan fingerprint density at radius 3 is 2.62 bits per heavy atom. The number of halogens is 1. The molecule has 0 saturated carbocycles. The van der Waals surface area contributed by atoms with E-state index in [1.807, 2.05) is 31.6 Å². The molecule has 0 saturated heterocycles. The van der Waals surface area contributed by atoms with Crippen molar-refractivity contribution in [2.45, 2.75) is 27.3 Å². The van der Waals surface area contributed by atoms with Crippen LogP contribution in [0.25, 0.3) is 0 Å². The first-order chi connectivity index (χ1) is 5.94. The quantitative estimate of drug-likeness (QED) is 0.886. The summed E-state index contributed by atoms with van der Waals surface area (Å²) in [6.07, 6.45) is 1.94. The van der Waals surface area contributed by atoms with Gasteiger partial charge in [0.05, 0.1) is 10.2 Å². The van der Waals surface area contributed by atoms with Crippen LogP contribution in [0.1, 0.15) is 19.5 Å². The molecule has 1 aromatic heterocycles. The van der Waals surface area contributed by atoms with Crippen molar-refractivity contribution in [3.8, 4) is 0 Å². The van der Waals surface area contributed by atoms with Gasteiger partial charge in [-0.25, -0.2) is 0 Å². The molecule has 1 heterocycles. The van der Waals surface area contributed by atoms with Gasteiger partial charge in [0.25, 0.3) is 0 Å². The van der Waals surface area contributed by atoms with Crippen molar-refractivity contribution in [3.05, 3.63) is 16.4 Å². The Labute approximate surface area is 86.9 Å². The maximum atomic E-state index is 9.08. The summed E-state index contributed by atoms with van der Waals surface area (Å²) in [6, 6.07) is 0. The van der Waals surface area contributed by atoms with Crippen LogP contribution in [0.2, 0.25) is 0 Å². The molecule has 3 nitrogen and oxygen atoms in total. The van der Waals surface area contributed by atoms with Crippen molar-refractivity contribution in [2.24, 2.45) is 5.41 Å². The van der Waals surface area contributed by atoms with E-state index < -0.39 is 0 Å². The number of aryl methyl sites for hydroxylation is 1. The van der Waals surface area contributed by atoms with Gasteiger partial charge in [-0.05, 0) is 22.9 Å². The van der Waals surface area contributed by atoms with Crippen LogP contribution in [-0.4, -0.2) is 21.5 Å². The van der Waals surface area contributed by atoms with Crippen LogP contribution >= 0.6 is 15.9 Å². The number of hydrogen-bond donors (Lipinski definition) is 1. The monoisotopic (exact) mass is 246 g/mol. The van der Waals surface area contributed by atoms with Gasteiger partial charge in [-0.3, -0.25) is 4.68 Å². The average molecular weight is 247 g/mol. The van der Waals surface area contributed by atoms with E-state index in [2.05, 4.69) is 21.0 Å². The highest BCUT2D eigenvalue weighted by atomic mass is 79.9. The molecule has 4 heteroatoms. The van der Waals surface area contributed by atoms with E-state index >= 15 is 0 Å². The number of aliphatic hydroxyl groups is 1. The Bertz CT molecular complexity index is 274. The SMILES string of the molecule is Cc1nn(CC(C)(C)CO)cc1Br. The Kier molecular flexibility index (Phi) is 3.14. The molecule has 0 spiro atoms. The summed E-state index contributed by atoms with van der Waals surface area (Å²) in [5.74, 6) is 0. The lowest BCUT2D eigenvalue weighted by atomic mass is 9.95. The van der Waals surface area contributed by atoms with Crippen molar-refractivity contribution in [2.75, 3.05) is 6.61 Å². The molecule has 1 aromatic rings. The number of nitrogens with zero attached hydrogens (tertiary/aromatic N) is 2. The van der Waals surface area contributed by atoms with E-state index in [0.717, 1.165) is 16.7 Å². The Balaban J connectivity index is 2.75. The number of hydrogen-bond acceptors (Lipinski definition) is 2. The summed E-state index contributed by atoms with van der Waals surface area (Å²) >= 11 is 3.40. The summed E-state index contributed by atoms with van der Waals surface area (Å²) in [5, 5.41) is 13.4. The molecule has 0 aliphatic carbocycles. The smallest absolute Gasteiger partial charge is 0.0735 e. The van der Waals surface area contributed by atoms with E-state index in [1.54, 1.807) is 0 Å². The molecular formula is C9H15BrN2O. The molecule has 0 amide bonds. The zero-order chi connectivity index (χ0) is 10.1. The van der Waals surface area contributed by atoms with E-state index in [9.17, 15) is 0 Å². The lowest BCUT2D eigenvalue weighted by molar-refractivity contribution is 0.136. The van der Waals surface area contributed by atoms with Crippen LogP contribution in [0.15, 0.2) is 10.7 Å². The Morgan fingerprint density at radius 2 is 2.23 bits per heavy atom. The van der Waals surface area contributed by atoms with Gasteiger partial charge in [-0.2, -0.15) is 5.10 Å². The fraction of sp³-hybridized carbons (Fsp3) is 0.667. The van der Waals surface area contributed by atoms with Crippen LogP contribution in [0, 0.1) is 12.3 Å². The second-order valence-corrected chi connectivity index (χ2v) is 4.94. The fourth-order valence-corrected chi connectivity index (χ4v) is 1.38. The molecule has 0 unspecified atom stereocenters. The van der Waals surface area contributed by atoms with Crippen molar-refractivity contribution < 1.29 is 5.11 Å². The number of rotatable bonds is 3. The predicted molar refractivity (Wildman–Crippen MR) is 55.5 cm³/mol. The van der Waals surface area contributed by atoms with Crippen molar-refractivity contribution in [1.29, 1.82) is 0 Å². The molecule has 0 aromatic carbocycles. The molecule has 1 N–H and O–H groups in total. The van der Waals surface area contributed by atoms with Gasteiger partial charge in [-0.1, -0.05) is 13.8 Å². The fourth-order valence-electron chi connectivity index (χ4n) is 1.06. The summed E-state index contributed by atoms with van der Waals surface area (Å²) in [7, 11) is 0. The molecule has 0 aliphatic rings. The van der Waals surface area contributed by atoms with Crippen LogP contribution in [0.3, 0.4) is 0 Å². The zero-order valence-corrected chi connectivity index (χ0v) is 9.80. The lowest BCUT2D eigenvalue weighted by Gasteiger charge is -2.20. The normalized spacial score (nSPS) is 12.1. The van der Waals surface area contributed by atoms with Gasteiger partial charge in [-0.15, -0.1) is 0 Å². The highest BCUT2D eigenvalue weighted by Crippen LogP contribution is 2.19. The maximum Gasteiger partial charge on any atom is 0.0735 e. The van der Waals surface area contributed by atoms with Gasteiger partial charge in [0, 0.05) is 24.8 Å². The Morgan fingerprint density at radius 1 is 1.62 bits per heavy atom.